The second-order valence-corrected chi connectivity index (χ2v) is 7.66. The lowest BCUT2D eigenvalue weighted by Crippen LogP contribution is -2.58. The number of carbonyl (C=O) groups excluding carboxylic acids is 2. The number of unbranched alkanes of at least 4 members (excludes halogenated alkanes) is 1. The predicted molar refractivity (Wildman–Crippen MR) is 89.8 cm³/mol. The zero-order valence-corrected chi connectivity index (χ0v) is 16.1. The standard InChI is InChI=1S/C19H27F5O4/c1-3-5-6-12(17(26)27-4-2)10-14(25)16-11-7-8-15(28-16)13(9-11)18(20,21)19(22,23)24/h11-13,15-16H,3-10H2,1-2H3. The minimum Gasteiger partial charge on any atom is -0.466 e. The molecule has 0 radical (unpaired) electrons. The van der Waals surface area contributed by atoms with E-state index in [1.807, 2.05) is 6.92 Å². The van der Waals surface area contributed by atoms with Crippen LogP contribution in [0.2, 0.25) is 0 Å². The quantitative estimate of drug-likeness (QED) is 0.406. The fourth-order valence-electron chi connectivity index (χ4n) is 4.22. The first-order chi connectivity index (χ1) is 13.0. The van der Waals surface area contributed by atoms with Gasteiger partial charge in [0, 0.05) is 6.42 Å². The number of halogens is 5. The van der Waals surface area contributed by atoms with Crippen molar-refractivity contribution in [3.8, 4) is 0 Å². The van der Waals surface area contributed by atoms with Crippen LogP contribution in [0.5, 0.6) is 0 Å². The molecule has 162 valence electrons. The molecule has 2 bridgehead atoms. The number of hydrogen-bond donors (Lipinski definition) is 0. The predicted octanol–water partition coefficient (Wildman–Crippen LogP) is 4.70. The molecule has 5 unspecified atom stereocenters. The number of ether oxygens (including phenoxy) is 2. The van der Waals surface area contributed by atoms with E-state index in [1.54, 1.807) is 6.92 Å². The molecule has 28 heavy (non-hydrogen) atoms. The monoisotopic (exact) mass is 414 g/mol. The third-order valence-corrected chi connectivity index (χ3v) is 5.71. The summed E-state index contributed by atoms with van der Waals surface area (Å²) in [6.07, 6.45) is -6.11. The van der Waals surface area contributed by atoms with E-state index in [1.165, 1.54) is 0 Å². The lowest BCUT2D eigenvalue weighted by atomic mass is 9.69. The molecule has 9 heteroatoms. The first kappa shape index (κ1) is 23.0. The Labute approximate surface area is 161 Å². The largest absolute Gasteiger partial charge is 0.466 e. The van der Waals surface area contributed by atoms with Gasteiger partial charge in [0.1, 0.15) is 6.10 Å². The Kier molecular flexibility index (Phi) is 7.44. The molecule has 0 aromatic rings. The maximum Gasteiger partial charge on any atom is 0.453 e. The second-order valence-electron chi connectivity index (χ2n) is 7.66. The average molecular weight is 414 g/mol. The van der Waals surface area contributed by atoms with Gasteiger partial charge in [0.15, 0.2) is 5.78 Å². The fourth-order valence-corrected chi connectivity index (χ4v) is 4.22. The Morgan fingerprint density at radius 3 is 2.32 bits per heavy atom. The minimum absolute atomic E-state index is 0.0714. The molecule has 3 aliphatic rings. The van der Waals surface area contributed by atoms with Gasteiger partial charge in [0.05, 0.1) is 24.5 Å². The van der Waals surface area contributed by atoms with Crippen molar-refractivity contribution in [2.24, 2.45) is 17.8 Å². The van der Waals surface area contributed by atoms with Crippen LogP contribution in [0.3, 0.4) is 0 Å². The molecule has 0 N–H and O–H groups in total. The third kappa shape index (κ3) is 4.83. The van der Waals surface area contributed by atoms with Crippen LogP contribution < -0.4 is 0 Å². The molecule has 2 heterocycles. The van der Waals surface area contributed by atoms with E-state index in [0.717, 1.165) is 6.42 Å². The lowest BCUT2D eigenvalue weighted by Gasteiger charge is -2.48. The van der Waals surface area contributed by atoms with Crippen molar-refractivity contribution in [3.05, 3.63) is 0 Å². The van der Waals surface area contributed by atoms with Gasteiger partial charge in [-0.05, 0) is 38.5 Å². The van der Waals surface area contributed by atoms with Gasteiger partial charge in [-0.25, -0.2) is 0 Å². The molecule has 0 aromatic heterocycles. The van der Waals surface area contributed by atoms with Crippen molar-refractivity contribution in [3.63, 3.8) is 0 Å². The highest BCUT2D eigenvalue weighted by atomic mass is 19.4. The minimum atomic E-state index is -5.65. The number of fused-ring (bicyclic) bond motifs is 3. The first-order valence-electron chi connectivity index (χ1n) is 9.82. The molecular formula is C19H27F5O4. The highest BCUT2D eigenvalue weighted by Gasteiger charge is 2.66. The molecule has 2 aliphatic heterocycles. The summed E-state index contributed by atoms with van der Waals surface area (Å²) in [5.74, 6) is -9.08. The average Bonchev–Trinajstić information content (AvgIpc) is 2.64. The summed E-state index contributed by atoms with van der Waals surface area (Å²) >= 11 is 0. The third-order valence-electron chi connectivity index (χ3n) is 5.71. The van der Waals surface area contributed by atoms with Gasteiger partial charge in [0.2, 0.25) is 0 Å². The van der Waals surface area contributed by atoms with Crippen LogP contribution in [0, 0.1) is 17.8 Å². The number of carbonyl (C=O) groups is 2. The van der Waals surface area contributed by atoms with Crippen LogP contribution in [0.25, 0.3) is 0 Å². The Bertz CT molecular complexity index is 563. The van der Waals surface area contributed by atoms with Crippen molar-refractivity contribution >= 4 is 11.8 Å². The summed E-state index contributed by atoms with van der Waals surface area (Å²) in [4.78, 5) is 24.8. The lowest BCUT2D eigenvalue weighted by molar-refractivity contribution is -0.330. The number of rotatable bonds is 9. The highest BCUT2D eigenvalue weighted by Crippen LogP contribution is 2.52. The van der Waals surface area contributed by atoms with Gasteiger partial charge in [0.25, 0.3) is 0 Å². The number of esters is 1. The number of hydrogen-bond acceptors (Lipinski definition) is 4. The topological polar surface area (TPSA) is 52.6 Å². The zero-order chi connectivity index (χ0) is 21.1. The first-order valence-corrected chi connectivity index (χ1v) is 9.82. The van der Waals surface area contributed by atoms with E-state index in [2.05, 4.69) is 0 Å². The van der Waals surface area contributed by atoms with Crippen LogP contribution in [0.4, 0.5) is 22.0 Å². The number of Topliss-reactive ketones (excluding diaryl/α,β-unsaturated/α-hetero) is 1. The Balaban J connectivity index is 2.05. The summed E-state index contributed by atoms with van der Waals surface area (Å²) < 4.78 is 76.2. The second kappa shape index (κ2) is 9.05. The molecule has 1 aliphatic carbocycles. The highest BCUT2D eigenvalue weighted by molar-refractivity contribution is 5.88. The maximum atomic E-state index is 13.8. The SMILES string of the molecule is CCCCC(CC(=O)C1OC2CCC1CC2C(F)(F)C(F)(F)F)C(=O)OCC. The smallest absolute Gasteiger partial charge is 0.453 e. The molecule has 2 saturated heterocycles. The molecule has 0 spiro atoms. The Morgan fingerprint density at radius 2 is 1.82 bits per heavy atom. The number of alkyl halides is 5. The molecule has 0 aromatic carbocycles. The summed E-state index contributed by atoms with van der Waals surface area (Å²) in [5, 5.41) is 0. The van der Waals surface area contributed by atoms with Crippen molar-refractivity contribution < 1.29 is 41.0 Å². The van der Waals surface area contributed by atoms with Crippen LogP contribution in [-0.2, 0) is 19.1 Å². The van der Waals surface area contributed by atoms with Crippen molar-refractivity contribution in [2.75, 3.05) is 6.61 Å². The van der Waals surface area contributed by atoms with E-state index in [-0.39, 0.29) is 19.4 Å². The van der Waals surface area contributed by atoms with Crippen LogP contribution in [0.1, 0.15) is 58.8 Å². The maximum absolute atomic E-state index is 13.8. The van der Waals surface area contributed by atoms with E-state index in [9.17, 15) is 31.5 Å². The van der Waals surface area contributed by atoms with Gasteiger partial charge in [-0.2, -0.15) is 22.0 Å². The van der Waals surface area contributed by atoms with Crippen LogP contribution in [0.15, 0.2) is 0 Å². The summed E-state index contributed by atoms with van der Waals surface area (Å²) in [5.41, 5.74) is 0. The van der Waals surface area contributed by atoms with Crippen molar-refractivity contribution in [1.82, 2.24) is 0 Å². The fraction of sp³-hybridized carbons (Fsp3) is 0.895. The van der Waals surface area contributed by atoms with Gasteiger partial charge in [-0.15, -0.1) is 0 Å². The van der Waals surface area contributed by atoms with E-state index >= 15 is 0 Å². The van der Waals surface area contributed by atoms with E-state index in [0.29, 0.717) is 19.3 Å². The molecule has 0 amide bonds. The molecule has 3 rings (SSSR count). The van der Waals surface area contributed by atoms with Crippen LogP contribution in [-0.4, -0.2) is 42.7 Å². The van der Waals surface area contributed by atoms with Gasteiger partial charge in [-0.3, -0.25) is 9.59 Å². The zero-order valence-electron chi connectivity index (χ0n) is 16.1. The van der Waals surface area contributed by atoms with Gasteiger partial charge >= 0.3 is 18.1 Å². The molecule has 5 atom stereocenters. The summed E-state index contributed by atoms with van der Waals surface area (Å²) in [6.45, 7) is 3.77. The van der Waals surface area contributed by atoms with Crippen molar-refractivity contribution in [2.45, 2.75) is 83.1 Å². The molecule has 3 fully saturated rings. The van der Waals surface area contributed by atoms with Crippen LogP contribution >= 0.6 is 0 Å². The molecule has 1 saturated carbocycles. The van der Waals surface area contributed by atoms with E-state index in [4.69, 9.17) is 9.47 Å². The Morgan fingerprint density at radius 1 is 1.14 bits per heavy atom. The van der Waals surface area contributed by atoms with E-state index < -0.39 is 60.2 Å². The van der Waals surface area contributed by atoms with Gasteiger partial charge < -0.3 is 9.47 Å². The number of ketones is 1. The normalized spacial score (nSPS) is 28.8. The molecular weight excluding hydrogens is 387 g/mol. The van der Waals surface area contributed by atoms with Gasteiger partial charge in [-0.1, -0.05) is 19.8 Å². The molecule has 4 nitrogen and oxygen atoms in total. The van der Waals surface area contributed by atoms with Crippen molar-refractivity contribution in [1.29, 1.82) is 0 Å². The summed E-state index contributed by atoms with van der Waals surface area (Å²) in [6, 6.07) is 0. The summed E-state index contributed by atoms with van der Waals surface area (Å²) in [7, 11) is 0. The Hall–Kier alpha value is -1.25.